The van der Waals surface area contributed by atoms with Crippen LogP contribution in [0.25, 0.3) is 0 Å². The zero-order valence-electron chi connectivity index (χ0n) is 12.7. The van der Waals surface area contributed by atoms with Crippen molar-refractivity contribution in [3.8, 4) is 0 Å². The van der Waals surface area contributed by atoms with Crippen LogP contribution in [0, 0.1) is 0 Å². The number of hydrogen-bond donors (Lipinski definition) is 0. The largest absolute Gasteiger partial charge is 0.365 e. The number of aryl methyl sites for hydroxylation is 1. The summed E-state index contributed by atoms with van der Waals surface area (Å²) in [6.45, 7) is 2.00. The Bertz CT molecular complexity index is 438. The maximum atomic E-state index is 12.6. The van der Waals surface area contributed by atoms with Gasteiger partial charge < -0.3 is 4.74 Å². The van der Waals surface area contributed by atoms with Crippen LogP contribution in [-0.4, -0.2) is 34.9 Å². The van der Waals surface area contributed by atoms with E-state index < -0.39 is 0 Å². The maximum Gasteiger partial charge on any atom is 0.256 e. The zero-order valence-corrected chi connectivity index (χ0v) is 12.7. The van der Waals surface area contributed by atoms with Gasteiger partial charge in [-0.1, -0.05) is 26.2 Å². The minimum atomic E-state index is -0.349. The second kappa shape index (κ2) is 6.88. The van der Waals surface area contributed by atoms with Gasteiger partial charge in [-0.3, -0.25) is 14.4 Å². The van der Waals surface area contributed by atoms with Gasteiger partial charge in [0.25, 0.3) is 5.91 Å². The highest BCUT2D eigenvalue weighted by Crippen LogP contribution is 2.23. The lowest BCUT2D eigenvalue weighted by molar-refractivity contribution is -0.135. The molecular formula is C15H25N3O2. The molecule has 0 saturated heterocycles. The highest BCUT2D eigenvalue weighted by Gasteiger charge is 2.27. The Balaban J connectivity index is 1.99. The highest BCUT2D eigenvalue weighted by molar-refractivity contribution is 5.95. The number of carbonyl (C=O) groups is 1. The first kappa shape index (κ1) is 15.0. The van der Waals surface area contributed by atoms with Crippen molar-refractivity contribution in [3.63, 3.8) is 0 Å². The molecule has 20 heavy (non-hydrogen) atoms. The summed E-state index contributed by atoms with van der Waals surface area (Å²) in [5, 5.41) is 4.10. The van der Waals surface area contributed by atoms with Crippen LogP contribution in [0.4, 0.5) is 5.82 Å². The Labute approximate surface area is 120 Å². The summed E-state index contributed by atoms with van der Waals surface area (Å²) in [4.78, 5) is 14.2. The Hall–Kier alpha value is -1.36. The molecule has 1 saturated carbocycles. The molecule has 0 bridgehead atoms. The number of carbonyl (C=O) groups excluding carboxylic acids is 1. The van der Waals surface area contributed by atoms with Crippen molar-refractivity contribution in [2.75, 3.05) is 11.9 Å². The van der Waals surface area contributed by atoms with E-state index >= 15 is 0 Å². The van der Waals surface area contributed by atoms with Gasteiger partial charge in [-0.15, -0.1) is 0 Å². The van der Waals surface area contributed by atoms with Gasteiger partial charge in [0.05, 0.1) is 12.3 Å². The fourth-order valence-corrected chi connectivity index (χ4v) is 2.79. The van der Waals surface area contributed by atoms with E-state index in [-0.39, 0.29) is 18.1 Å². The summed E-state index contributed by atoms with van der Waals surface area (Å²) in [6, 6.07) is 1.84. The van der Waals surface area contributed by atoms with Crippen molar-refractivity contribution in [3.05, 3.63) is 12.3 Å². The topological polar surface area (TPSA) is 47.4 Å². The lowest BCUT2D eigenvalue weighted by Crippen LogP contribution is -2.40. The molecule has 5 nitrogen and oxygen atoms in total. The van der Waals surface area contributed by atoms with Crippen molar-refractivity contribution in [1.82, 2.24) is 9.78 Å². The average molecular weight is 279 g/mol. The molecule has 0 aliphatic heterocycles. The Morgan fingerprint density at radius 3 is 2.75 bits per heavy atom. The number of ether oxygens (including phenoxy) is 1. The Kier molecular flexibility index (Phi) is 5.17. The third kappa shape index (κ3) is 3.39. The number of aromatic nitrogens is 2. The monoisotopic (exact) mass is 279 g/mol. The number of likely N-dealkylation sites (N-methyl/N-ethyl adjacent to an activating group) is 1. The number of amides is 1. The first-order valence-corrected chi connectivity index (χ1v) is 7.54. The summed E-state index contributed by atoms with van der Waals surface area (Å²) >= 11 is 0. The van der Waals surface area contributed by atoms with Crippen molar-refractivity contribution in [1.29, 1.82) is 0 Å². The average Bonchev–Trinajstić information content (AvgIpc) is 2.90. The van der Waals surface area contributed by atoms with Crippen molar-refractivity contribution in [2.45, 2.75) is 57.7 Å². The summed E-state index contributed by atoms with van der Waals surface area (Å²) in [5.41, 5.74) is 0. The summed E-state index contributed by atoms with van der Waals surface area (Å²) in [5.74, 6) is 0.808. The molecule has 0 aromatic carbocycles. The third-order valence-electron chi connectivity index (χ3n) is 4.02. The number of hydrogen-bond acceptors (Lipinski definition) is 3. The second-order valence-corrected chi connectivity index (χ2v) is 5.50. The van der Waals surface area contributed by atoms with E-state index in [9.17, 15) is 4.79 Å². The van der Waals surface area contributed by atoms with Crippen LogP contribution in [0.1, 0.15) is 45.4 Å². The lowest BCUT2D eigenvalue weighted by atomic mass is 9.97. The Morgan fingerprint density at radius 1 is 1.50 bits per heavy atom. The minimum absolute atomic E-state index is 0.0154. The summed E-state index contributed by atoms with van der Waals surface area (Å²) in [6.07, 6.45) is 8.19. The summed E-state index contributed by atoms with van der Waals surface area (Å²) < 4.78 is 7.74. The smallest absolute Gasteiger partial charge is 0.256 e. The zero-order chi connectivity index (χ0) is 14.5. The molecule has 5 heteroatoms. The molecule has 0 spiro atoms. The first-order chi connectivity index (χ1) is 9.63. The van der Waals surface area contributed by atoms with Crippen LogP contribution < -0.4 is 4.90 Å². The van der Waals surface area contributed by atoms with Gasteiger partial charge in [-0.05, 0) is 19.3 Å². The van der Waals surface area contributed by atoms with Gasteiger partial charge in [0.1, 0.15) is 11.9 Å². The summed E-state index contributed by atoms with van der Waals surface area (Å²) in [7, 11) is 3.62. The second-order valence-electron chi connectivity index (χ2n) is 5.50. The SMILES string of the molecule is CC[C@H](OC1CCCCC1)C(=O)N(C)c1ccnn1C. The quantitative estimate of drug-likeness (QED) is 0.832. The predicted molar refractivity (Wildman–Crippen MR) is 78.7 cm³/mol. The third-order valence-corrected chi connectivity index (χ3v) is 4.02. The molecular weight excluding hydrogens is 254 g/mol. The van der Waals surface area contributed by atoms with E-state index in [0.29, 0.717) is 6.42 Å². The van der Waals surface area contributed by atoms with Crippen LogP contribution in [0.5, 0.6) is 0 Å². The van der Waals surface area contributed by atoms with Gasteiger partial charge >= 0.3 is 0 Å². The van der Waals surface area contributed by atoms with Crippen LogP contribution >= 0.6 is 0 Å². The highest BCUT2D eigenvalue weighted by atomic mass is 16.5. The van der Waals surface area contributed by atoms with Crippen LogP contribution in [0.15, 0.2) is 12.3 Å². The lowest BCUT2D eigenvalue weighted by Gasteiger charge is -2.29. The van der Waals surface area contributed by atoms with Crippen molar-refractivity contribution < 1.29 is 9.53 Å². The Morgan fingerprint density at radius 2 is 2.20 bits per heavy atom. The van der Waals surface area contributed by atoms with E-state index in [4.69, 9.17) is 4.74 Å². The molecule has 0 unspecified atom stereocenters. The van der Waals surface area contributed by atoms with Gasteiger partial charge in [-0.25, -0.2) is 0 Å². The standard InChI is InChI=1S/C15H25N3O2/c1-4-13(20-12-8-6-5-7-9-12)15(19)17(2)14-10-11-16-18(14)3/h10-13H,4-9H2,1-3H3/t13-/m0/s1. The van der Waals surface area contributed by atoms with E-state index in [0.717, 1.165) is 18.7 Å². The molecule has 1 aromatic heterocycles. The van der Waals surface area contributed by atoms with Crippen molar-refractivity contribution in [2.24, 2.45) is 7.05 Å². The predicted octanol–water partition coefficient (Wildman–Crippen LogP) is 2.51. The van der Waals surface area contributed by atoms with Gasteiger partial charge in [0.15, 0.2) is 0 Å². The first-order valence-electron chi connectivity index (χ1n) is 7.54. The molecule has 0 radical (unpaired) electrons. The van der Waals surface area contributed by atoms with Crippen LogP contribution in [0.2, 0.25) is 0 Å². The van der Waals surface area contributed by atoms with E-state index in [1.54, 1.807) is 22.8 Å². The molecule has 1 fully saturated rings. The van der Waals surface area contributed by atoms with Gasteiger partial charge in [0, 0.05) is 20.2 Å². The molecule has 1 aliphatic rings. The molecule has 1 heterocycles. The van der Waals surface area contributed by atoms with E-state index in [2.05, 4.69) is 5.10 Å². The molecule has 1 atom stereocenters. The molecule has 112 valence electrons. The molecule has 1 aromatic rings. The maximum absolute atomic E-state index is 12.6. The number of anilines is 1. The van der Waals surface area contributed by atoms with Gasteiger partial charge in [-0.2, -0.15) is 5.10 Å². The number of rotatable bonds is 5. The van der Waals surface area contributed by atoms with E-state index in [1.807, 2.05) is 20.0 Å². The fraction of sp³-hybridized carbons (Fsp3) is 0.733. The van der Waals surface area contributed by atoms with Crippen molar-refractivity contribution >= 4 is 11.7 Å². The molecule has 1 aliphatic carbocycles. The van der Waals surface area contributed by atoms with Gasteiger partial charge in [0.2, 0.25) is 0 Å². The molecule has 2 rings (SSSR count). The molecule has 1 amide bonds. The minimum Gasteiger partial charge on any atom is -0.365 e. The number of nitrogens with zero attached hydrogens (tertiary/aromatic N) is 3. The van der Waals surface area contributed by atoms with Crippen LogP contribution in [-0.2, 0) is 16.6 Å². The normalized spacial score (nSPS) is 17.9. The van der Waals surface area contributed by atoms with Crippen LogP contribution in [0.3, 0.4) is 0 Å². The molecule has 0 N–H and O–H groups in total. The fourth-order valence-electron chi connectivity index (χ4n) is 2.79. The van der Waals surface area contributed by atoms with E-state index in [1.165, 1.54) is 19.3 Å².